The fraction of sp³-hybridized carbons (Fsp3) is 0.188. The number of nitrogen functional groups attached to an aromatic ring is 1. The number of anilines is 3. The number of rotatable bonds is 4. The molecular formula is C16H19N3O. The Kier molecular flexibility index (Phi) is 3.94. The van der Waals surface area contributed by atoms with Gasteiger partial charge in [-0.2, -0.15) is 0 Å². The van der Waals surface area contributed by atoms with Gasteiger partial charge in [0.05, 0.1) is 16.9 Å². The number of nitrogens with zero attached hydrogens (tertiary/aromatic N) is 1. The number of carbonyl (C=O) groups is 1. The molecule has 104 valence electrons. The van der Waals surface area contributed by atoms with Gasteiger partial charge in [-0.15, -0.1) is 0 Å². The largest absolute Gasteiger partial charge is 0.396 e. The summed E-state index contributed by atoms with van der Waals surface area (Å²) < 4.78 is 0. The van der Waals surface area contributed by atoms with Gasteiger partial charge in [0.15, 0.2) is 0 Å². The molecule has 0 unspecified atom stereocenters. The predicted octanol–water partition coefficient (Wildman–Crippen LogP) is 2.83. The number of primary amides is 1. The Morgan fingerprint density at radius 2 is 1.90 bits per heavy atom. The van der Waals surface area contributed by atoms with Gasteiger partial charge in [0.25, 0.3) is 5.91 Å². The fourth-order valence-electron chi connectivity index (χ4n) is 2.29. The zero-order valence-electron chi connectivity index (χ0n) is 11.8. The molecule has 0 radical (unpaired) electrons. The Bertz CT molecular complexity index is 637. The Hall–Kier alpha value is -2.49. The van der Waals surface area contributed by atoms with E-state index < -0.39 is 5.91 Å². The predicted molar refractivity (Wildman–Crippen MR) is 83.2 cm³/mol. The molecule has 0 bridgehead atoms. The average Bonchev–Trinajstić information content (AvgIpc) is 2.41. The number of hydrogen-bond acceptors (Lipinski definition) is 3. The minimum Gasteiger partial charge on any atom is -0.396 e. The van der Waals surface area contributed by atoms with Crippen LogP contribution >= 0.6 is 0 Å². The summed E-state index contributed by atoms with van der Waals surface area (Å²) in [6.45, 7) is 4.83. The zero-order valence-corrected chi connectivity index (χ0v) is 11.8. The third-order valence-corrected chi connectivity index (χ3v) is 3.27. The highest BCUT2D eigenvalue weighted by Crippen LogP contribution is 2.32. The second kappa shape index (κ2) is 5.65. The van der Waals surface area contributed by atoms with Crippen LogP contribution in [0.3, 0.4) is 0 Å². The van der Waals surface area contributed by atoms with Gasteiger partial charge in [-0.3, -0.25) is 4.79 Å². The van der Waals surface area contributed by atoms with Crippen LogP contribution in [0.1, 0.15) is 22.8 Å². The molecule has 0 saturated heterocycles. The van der Waals surface area contributed by atoms with Crippen molar-refractivity contribution in [2.75, 3.05) is 17.2 Å². The molecule has 4 nitrogen and oxygen atoms in total. The van der Waals surface area contributed by atoms with Crippen molar-refractivity contribution in [3.8, 4) is 0 Å². The van der Waals surface area contributed by atoms with Gasteiger partial charge in [-0.25, -0.2) is 0 Å². The topological polar surface area (TPSA) is 72.3 Å². The first kappa shape index (κ1) is 13.9. The highest BCUT2D eigenvalue weighted by molar-refractivity contribution is 6.01. The van der Waals surface area contributed by atoms with Gasteiger partial charge in [0, 0.05) is 12.2 Å². The summed E-state index contributed by atoms with van der Waals surface area (Å²) >= 11 is 0. The molecule has 0 aliphatic rings. The lowest BCUT2D eigenvalue weighted by atomic mass is 10.1. The highest BCUT2D eigenvalue weighted by Gasteiger charge is 2.15. The molecule has 0 aromatic heterocycles. The van der Waals surface area contributed by atoms with Crippen LogP contribution in [0.25, 0.3) is 0 Å². The standard InChI is InChI=1S/C16H19N3O/c1-3-19(12-7-4-6-11(2)10-12)14-9-5-8-13(15(14)17)16(18)20/h4-10H,3,17H2,1-2H3,(H2,18,20). The number of benzene rings is 2. The van der Waals surface area contributed by atoms with Crippen LogP contribution in [0, 0.1) is 6.92 Å². The van der Waals surface area contributed by atoms with Crippen LogP contribution in [-0.2, 0) is 0 Å². The van der Waals surface area contributed by atoms with Crippen LogP contribution in [-0.4, -0.2) is 12.5 Å². The van der Waals surface area contributed by atoms with Crippen LogP contribution in [0.5, 0.6) is 0 Å². The summed E-state index contributed by atoms with van der Waals surface area (Å²) in [5.41, 5.74) is 15.2. The Morgan fingerprint density at radius 3 is 2.50 bits per heavy atom. The van der Waals surface area contributed by atoms with Crippen LogP contribution in [0.4, 0.5) is 17.1 Å². The molecule has 20 heavy (non-hydrogen) atoms. The molecule has 0 heterocycles. The number of hydrogen-bond donors (Lipinski definition) is 2. The molecule has 0 aliphatic carbocycles. The number of amides is 1. The van der Waals surface area contributed by atoms with Crippen molar-refractivity contribution in [1.82, 2.24) is 0 Å². The summed E-state index contributed by atoms with van der Waals surface area (Å²) in [4.78, 5) is 13.5. The second-order valence-corrected chi connectivity index (χ2v) is 4.69. The maximum atomic E-state index is 11.4. The number of para-hydroxylation sites is 1. The zero-order chi connectivity index (χ0) is 14.7. The van der Waals surface area contributed by atoms with Gasteiger partial charge in [0.2, 0.25) is 0 Å². The minimum absolute atomic E-state index is 0.355. The van der Waals surface area contributed by atoms with E-state index in [0.717, 1.165) is 17.9 Å². The van der Waals surface area contributed by atoms with E-state index in [1.165, 1.54) is 5.56 Å². The first-order chi connectivity index (χ1) is 9.54. The lowest BCUT2D eigenvalue weighted by molar-refractivity contribution is 0.100. The second-order valence-electron chi connectivity index (χ2n) is 4.69. The smallest absolute Gasteiger partial charge is 0.250 e. The Labute approximate surface area is 119 Å². The SMILES string of the molecule is CCN(c1cccc(C)c1)c1cccc(C(N)=O)c1N. The van der Waals surface area contributed by atoms with Crippen molar-refractivity contribution in [3.63, 3.8) is 0 Å². The molecule has 4 heteroatoms. The number of carbonyl (C=O) groups excluding carboxylic acids is 1. The van der Waals surface area contributed by atoms with Gasteiger partial charge < -0.3 is 16.4 Å². The summed E-state index contributed by atoms with van der Waals surface area (Å²) in [5, 5.41) is 0. The van der Waals surface area contributed by atoms with Gasteiger partial charge in [-0.1, -0.05) is 18.2 Å². The molecule has 0 atom stereocenters. The Balaban J connectivity index is 2.53. The van der Waals surface area contributed by atoms with Crippen molar-refractivity contribution < 1.29 is 4.79 Å². The van der Waals surface area contributed by atoms with E-state index in [1.807, 2.05) is 38.1 Å². The van der Waals surface area contributed by atoms with Crippen molar-refractivity contribution in [1.29, 1.82) is 0 Å². The maximum Gasteiger partial charge on any atom is 0.250 e. The summed E-state index contributed by atoms with van der Waals surface area (Å²) in [7, 11) is 0. The van der Waals surface area contributed by atoms with E-state index in [2.05, 4.69) is 11.0 Å². The minimum atomic E-state index is -0.510. The lowest BCUT2D eigenvalue weighted by Gasteiger charge is -2.25. The molecule has 0 saturated carbocycles. The molecule has 4 N–H and O–H groups in total. The molecule has 2 aromatic rings. The third-order valence-electron chi connectivity index (χ3n) is 3.27. The van der Waals surface area contributed by atoms with E-state index in [4.69, 9.17) is 11.5 Å². The van der Waals surface area contributed by atoms with Crippen LogP contribution in [0.15, 0.2) is 42.5 Å². The third kappa shape index (κ3) is 2.59. The quantitative estimate of drug-likeness (QED) is 0.838. The normalized spacial score (nSPS) is 10.3. The lowest BCUT2D eigenvalue weighted by Crippen LogP contribution is -2.20. The fourth-order valence-corrected chi connectivity index (χ4v) is 2.29. The molecule has 2 rings (SSSR count). The molecular weight excluding hydrogens is 250 g/mol. The van der Waals surface area contributed by atoms with E-state index in [1.54, 1.807) is 12.1 Å². The summed E-state index contributed by atoms with van der Waals surface area (Å²) in [5.74, 6) is -0.510. The molecule has 0 aliphatic heterocycles. The van der Waals surface area contributed by atoms with Crippen molar-refractivity contribution in [3.05, 3.63) is 53.6 Å². The van der Waals surface area contributed by atoms with Gasteiger partial charge in [-0.05, 0) is 43.7 Å². The van der Waals surface area contributed by atoms with Gasteiger partial charge >= 0.3 is 0 Å². The van der Waals surface area contributed by atoms with Crippen molar-refractivity contribution in [2.24, 2.45) is 5.73 Å². The number of nitrogens with two attached hydrogens (primary N) is 2. The van der Waals surface area contributed by atoms with Crippen molar-refractivity contribution >= 4 is 23.0 Å². The molecule has 0 spiro atoms. The van der Waals surface area contributed by atoms with E-state index in [0.29, 0.717) is 11.3 Å². The molecule has 0 fully saturated rings. The monoisotopic (exact) mass is 269 g/mol. The van der Waals surface area contributed by atoms with Crippen molar-refractivity contribution in [2.45, 2.75) is 13.8 Å². The highest BCUT2D eigenvalue weighted by atomic mass is 16.1. The first-order valence-corrected chi connectivity index (χ1v) is 6.57. The van der Waals surface area contributed by atoms with E-state index in [-0.39, 0.29) is 0 Å². The first-order valence-electron chi connectivity index (χ1n) is 6.57. The van der Waals surface area contributed by atoms with E-state index in [9.17, 15) is 4.79 Å². The van der Waals surface area contributed by atoms with Crippen LogP contribution in [0.2, 0.25) is 0 Å². The van der Waals surface area contributed by atoms with E-state index >= 15 is 0 Å². The van der Waals surface area contributed by atoms with Gasteiger partial charge in [0.1, 0.15) is 0 Å². The molecule has 2 aromatic carbocycles. The maximum absolute atomic E-state index is 11.4. The summed E-state index contributed by atoms with van der Waals surface area (Å²) in [6, 6.07) is 13.5. The average molecular weight is 269 g/mol. The Morgan fingerprint density at radius 1 is 1.20 bits per heavy atom. The molecule has 1 amide bonds. The van der Waals surface area contributed by atoms with Crippen LogP contribution < -0.4 is 16.4 Å². The number of aryl methyl sites for hydroxylation is 1. The summed E-state index contributed by atoms with van der Waals surface area (Å²) in [6.07, 6.45) is 0.